The maximum atomic E-state index is 12.8. The van der Waals surface area contributed by atoms with Crippen LogP contribution in [-0.4, -0.2) is 49.0 Å². The third-order valence-electron chi connectivity index (χ3n) is 7.65. The normalized spacial score (nSPS) is 17.8. The number of para-hydroxylation sites is 3. The molecule has 0 bridgehead atoms. The molecule has 2 saturated heterocycles. The Bertz CT molecular complexity index is 1130. The highest BCUT2D eigenvalue weighted by atomic mass is 16.5. The number of ether oxygens (including phenoxy) is 2. The number of amides is 1. The first-order valence-electron chi connectivity index (χ1n) is 12.5. The second kappa shape index (κ2) is 10.5. The fourth-order valence-electron chi connectivity index (χ4n) is 5.38. The minimum absolute atomic E-state index is 0.151. The number of aromatic nitrogens is 1. The molecule has 0 unspecified atom stereocenters. The molecule has 1 aromatic heterocycles. The van der Waals surface area contributed by atoms with Crippen molar-refractivity contribution in [1.29, 1.82) is 0 Å². The topological polar surface area (TPSA) is 56.2 Å². The first-order chi connectivity index (χ1) is 17.2. The predicted molar refractivity (Wildman–Crippen MR) is 135 cm³/mol. The second-order valence-corrected chi connectivity index (χ2v) is 9.72. The number of methoxy groups -OCH3 is 1. The number of rotatable bonds is 6. The molecule has 2 aliphatic rings. The summed E-state index contributed by atoms with van der Waals surface area (Å²) in [5.74, 6) is 2.49. The molecule has 182 valence electrons. The van der Waals surface area contributed by atoms with Crippen LogP contribution in [0.25, 0.3) is 0 Å². The van der Waals surface area contributed by atoms with E-state index in [1.807, 2.05) is 65.8 Å². The fraction of sp³-hybridized carbons (Fsp3) is 0.379. The zero-order chi connectivity index (χ0) is 24.1. The quantitative estimate of drug-likeness (QED) is 0.516. The minimum atomic E-state index is 0.151. The van der Waals surface area contributed by atoms with Gasteiger partial charge in [0.15, 0.2) is 23.9 Å². The molecule has 35 heavy (non-hydrogen) atoms. The van der Waals surface area contributed by atoms with Crippen LogP contribution < -0.4 is 14.5 Å². The van der Waals surface area contributed by atoms with Gasteiger partial charge in [-0.25, -0.2) is 4.98 Å². The monoisotopic (exact) mass is 472 g/mol. The largest absolute Gasteiger partial charge is 0.493 e. The molecule has 5 rings (SSSR count). The van der Waals surface area contributed by atoms with Gasteiger partial charge in [-0.2, -0.15) is 0 Å². The average molecular weight is 473 g/mol. The number of hydrogen-bond donors (Lipinski definition) is 0. The molecule has 1 N–H and O–H groups in total. The third-order valence-corrected chi connectivity index (χ3v) is 7.65. The Hall–Kier alpha value is -3.38. The highest BCUT2D eigenvalue weighted by Gasteiger charge is 2.38. The van der Waals surface area contributed by atoms with Crippen molar-refractivity contribution in [3.63, 3.8) is 0 Å². The van der Waals surface area contributed by atoms with Crippen molar-refractivity contribution in [2.24, 2.45) is 5.41 Å². The standard InChI is InChI=1S/C29H33N3O3/c1-34-26-8-4-5-9-27(26)35-25-7-3-2-6-24(25)22-31-18-12-29(13-19-31)14-20-32(21-15-29)28(33)23-10-16-30-17-11-23/h2-11,16-17H,12-15,18-22H2,1H3/p+1. The van der Waals surface area contributed by atoms with Crippen molar-refractivity contribution >= 4 is 5.91 Å². The second-order valence-electron chi connectivity index (χ2n) is 9.72. The predicted octanol–water partition coefficient (Wildman–Crippen LogP) is 4.82. The lowest BCUT2D eigenvalue weighted by molar-refractivity contribution is -0.378. The smallest absolute Gasteiger partial charge is 0.254 e. The Morgan fingerprint density at radius 1 is 0.829 bits per heavy atom. The number of hydrogen-bond acceptors (Lipinski definition) is 4. The van der Waals surface area contributed by atoms with E-state index in [-0.39, 0.29) is 5.91 Å². The molecular weight excluding hydrogens is 438 g/mol. The summed E-state index contributed by atoms with van der Waals surface area (Å²) < 4.78 is 11.7. The van der Waals surface area contributed by atoms with Gasteiger partial charge in [-0.3, -0.25) is 9.69 Å². The van der Waals surface area contributed by atoms with Crippen molar-refractivity contribution in [3.05, 3.63) is 84.2 Å². The first-order valence-corrected chi connectivity index (χ1v) is 12.5. The van der Waals surface area contributed by atoms with Gasteiger partial charge in [0.05, 0.1) is 12.7 Å². The minimum Gasteiger partial charge on any atom is -0.493 e. The molecule has 1 amide bonds. The Kier molecular flexibility index (Phi) is 7.00. The number of nitrogens with one attached hydrogen (secondary N) is 1. The van der Waals surface area contributed by atoms with Gasteiger partial charge in [0.25, 0.3) is 5.91 Å². The molecule has 0 atom stereocenters. The van der Waals surface area contributed by atoms with Crippen molar-refractivity contribution in [2.75, 3.05) is 33.3 Å². The molecule has 2 fully saturated rings. The van der Waals surface area contributed by atoms with Crippen LogP contribution in [0.15, 0.2) is 73.1 Å². The van der Waals surface area contributed by atoms with Crippen molar-refractivity contribution in [2.45, 2.75) is 32.2 Å². The summed E-state index contributed by atoms with van der Waals surface area (Å²) in [5.41, 5.74) is 2.32. The van der Waals surface area contributed by atoms with Gasteiger partial charge in [-0.05, 0) is 62.4 Å². The lowest BCUT2D eigenvalue weighted by Crippen LogP contribution is -2.48. The molecule has 0 radical (unpaired) electrons. The number of carbonyl (C=O) groups excluding carboxylic acids is 1. The number of nitrogens with zero attached hydrogens (tertiary/aromatic N) is 2. The van der Waals surface area contributed by atoms with Crippen LogP contribution in [0.1, 0.15) is 41.6 Å². The Morgan fingerprint density at radius 2 is 1.43 bits per heavy atom. The number of H-pyrrole nitrogens is 1. The van der Waals surface area contributed by atoms with E-state index in [1.165, 1.54) is 18.4 Å². The molecule has 2 aromatic carbocycles. The van der Waals surface area contributed by atoms with Crippen LogP contribution in [0.2, 0.25) is 0 Å². The van der Waals surface area contributed by atoms with Crippen LogP contribution in [-0.2, 0) is 6.54 Å². The summed E-state index contributed by atoms with van der Waals surface area (Å²) in [6.07, 6.45) is 8.19. The molecule has 2 aliphatic heterocycles. The van der Waals surface area contributed by atoms with E-state index >= 15 is 0 Å². The lowest BCUT2D eigenvalue weighted by Gasteiger charge is -2.47. The molecule has 0 aliphatic carbocycles. The van der Waals surface area contributed by atoms with Gasteiger partial charge in [-0.15, -0.1) is 0 Å². The highest BCUT2D eigenvalue weighted by Crippen LogP contribution is 2.42. The van der Waals surface area contributed by atoms with Crippen LogP contribution in [0, 0.1) is 5.41 Å². The van der Waals surface area contributed by atoms with Crippen molar-refractivity contribution in [3.8, 4) is 17.2 Å². The molecule has 3 heterocycles. The number of benzene rings is 2. The third kappa shape index (κ3) is 5.33. The fourth-order valence-corrected chi connectivity index (χ4v) is 5.38. The highest BCUT2D eigenvalue weighted by molar-refractivity contribution is 5.94. The number of aromatic amines is 1. The van der Waals surface area contributed by atoms with Crippen molar-refractivity contribution in [1.82, 2.24) is 9.80 Å². The Labute approximate surface area is 207 Å². The van der Waals surface area contributed by atoms with E-state index in [0.717, 1.165) is 68.4 Å². The summed E-state index contributed by atoms with van der Waals surface area (Å²) in [5, 5.41) is 0. The molecule has 1 spiro atoms. The average Bonchev–Trinajstić information content (AvgIpc) is 2.92. The van der Waals surface area contributed by atoms with Crippen LogP contribution in [0.3, 0.4) is 0 Å². The van der Waals surface area contributed by atoms with Gasteiger partial charge in [-0.1, -0.05) is 30.3 Å². The maximum absolute atomic E-state index is 12.8. The molecular formula is C29H34N3O3+. The summed E-state index contributed by atoms with van der Waals surface area (Å²) in [7, 11) is 1.67. The summed E-state index contributed by atoms with van der Waals surface area (Å²) in [4.78, 5) is 20.4. The Balaban J connectivity index is 1.17. The van der Waals surface area contributed by atoms with Gasteiger partial charge in [0.1, 0.15) is 5.75 Å². The number of piperidine rings is 2. The number of pyridine rings is 1. The van der Waals surface area contributed by atoms with Gasteiger partial charge >= 0.3 is 0 Å². The Morgan fingerprint density at radius 3 is 2.11 bits per heavy atom. The van der Waals surface area contributed by atoms with Crippen LogP contribution in [0.5, 0.6) is 17.2 Å². The lowest BCUT2D eigenvalue weighted by atomic mass is 9.71. The van der Waals surface area contributed by atoms with E-state index in [1.54, 1.807) is 7.11 Å². The zero-order valence-corrected chi connectivity index (χ0v) is 20.4. The van der Waals surface area contributed by atoms with E-state index in [0.29, 0.717) is 5.41 Å². The summed E-state index contributed by atoms with van der Waals surface area (Å²) in [6, 6.07) is 19.8. The first kappa shape index (κ1) is 23.4. The van der Waals surface area contributed by atoms with E-state index in [4.69, 9.17) is 9.47 Å². The van der Waals surface area contributed by atoms with Crippen LogP contribution >= 0.6 is 0 Å². The van der Waals surface area contributed by atoms with Gasteiger partial charge in [0, 0.05) is 37.3 Å². The SMILES string of the molecule is COc1ccccc1Oc1ccccc1CN1CCC2(CC1)CCN(C(=O)c1cc[nH+]cc1)CC2. The van der Waals surface area contributed by atoms with Crippen LogP contribution in [0.4, 0.5) is 0 Å². The van der Waals surface area contributed by atoms with Gasteiger partial charge in [0.2, 0.25) is 0 Å². The molecule has 0 saturated carbocycles. The summed E-state index contributed by atoms with van der Waals surface area (Å²) in [6.45, 7) is 4.73. The van der Waals surface area contributed by atoms with Gasteiger partial charge < -0.3 is 14.4 Å². The molecule has 6 heteroatoms. The van der Waals surface area contributed by atoms with E-state index in [9.17, 15) is 4.79 Å². The summed E-state index contributed by atoms with van der Waals surface area (Å²) >= 11 is 0. The van der Waals surface area contributed by atoms with E-state index in [2.05, 4.69) is 22.0 Å². The molecule has 6 nitrogen and oxygen atoms in total. The number of carbonyl (C=O) groups is 1. The molecule has 3 aromatic rings. The van der Waals surface area contributed by atoms with Crippen molar-refractivity contribution < 1.29 is 19.3 Å². The van der Waals surface area contributed by atoms with E-state index < -0.39 is 0 Å². The number of likely N-dealkylation sites (tertiary alicyclic amines) is 2. The zero-order valence-electron chi connectivity index (χ0n) is 20.4. The maximum Gasteiger partial charge on any atom is 0.254 e.